The Morgan fingerprint density at radius 2 is 1.86 bits per heavy atom. The van der Waals surface area contributed by atoms with Crippen LogP contribution in [-0.4, -0.2) is 18.0 Å². The highest BCUT2D eigenvalue weighted by Gasteiger charge is 2.58. The van der Waals surface area contributed by atoms with Crippen molar-refractivity contribution in [2.24, 2.45) is 35.5 Å². The maximum atomic E-state index is 9.70. The molecule has 4 rings (SSSR count). The molecular weight excluding hydrogens is 176 g/mol. The zero-order valence-corrected chi connectivity index (χ0v) is 8.17. The summed E-state index contributed by atoms with van der Waals surface area (Å²) in [5.74, 6) is 4.48. The fourth-order valence-electron chi connectivity index (χ4n) is 4.60. The van der Waals surface area contributed by atoms with Crippen LogP contribution in [0.15, 0.2) is 12.2 Å². The van der Waals surface area contributed by atoms with Crippen molar-refractivity contribution in [1.29, 1.82) is 0 Å². The van der Waals surface area contributed by atoms with E-state index in [1.54, 1.807) is 0 Å². The second-order valence-corrected chi connectivity index (χ2v) is 5.48. The molecule has 0 spiro atoms. The Morgan fingerprint density at radius 1 is 1.00 bits per heavy atom. The van der Waals surface area contributed by atoms with Gasteiger partial charge >= 0.3 is 0 Å². The van der Waals surface area contributed by atoms with Crippen LogP contribution in [0.25, 0.3) is 0 Å². The van der Waals surface area contributed by atoms with E-state index in [4.69, 9.17) is 4.74 Å². The van der Waals surface area contributed by atoms with Gasteiger partial charge in [0.2, 0.25) is 0 Å². The van der Waals surface area contributed by atoms with Crippen molar-refractivity contribution < 1.29 is 9.84 Å². The molecule has 2 nitrogen and oxygen atoms in total. The second-order valence-electron chi connectivity index (χ2n) is 5.48. The molecule has 1 aliphatic heterocycles. The van der Waals surface area contributed by atoms with Gasteiger partial charge in [0, 0.05) is 5.92 Å². The molecule has 1 N–H and O–H groups in total. The Balaban J connectivity index is 1.70. The molecule has 0 radical (unpaired) electrons. The minimum Gasteiger partial charge on any atom is -0.368 e. The fourth-order valence-corrected chi connectivity index (χ4v) is 4.60. The SMILES string of the molecule is OC1OCC2C1CC1C3C=CC(C3)C12. The van der Waals surface area contributed by atoms with Gasteiger partial charge in [0.25, 0.3) is 0 Å². The molecule has 2 heteroatoms. The molecule has 76 valence electrons. The Labute approximate surface area is 83.9 Å². The number of hydrogen-bond donors (Lipinski definition) is 1. The van der Waals surface area contributed by atoms with Crippen LogP contribution >= 0.6 is 0 Å². The summed E-state index contributed by atoms with van der Waals surface area (Å²) in [5, 5.41) is 9.70. The number of aliphatic hydroxyl groups is 1. The predicted molar refractivity (Wildman–Crippen MR) is 51.3 cm³/mol. The molecule has 4 aliphatic rings. The molecule has 0 aromatic heterocycles. The molecular formula is C12H16O2. The van der Waals surface area contributed by atoms with Crippen LogP contribution in [0.5, 0.6) is 0 Å². The molecule has 0 aromatic carbocycles. The topological polar surface area (TPSA) is 29.5 Å². The number of hydrogen-bond acceptors (Lipinski definition) is 2. The zero-order valence-electron chi connectivity index (χ0n) is 8.17. The second kappa shape index (κ2) is 2.42. The molecule has 3 aliphatic carbocycles. The Morgan fingerprint density at radius 3 is 2.79 bits per heavy atom. The lowest BCUT2D eigenvalue weighted by Crippen LogP contribution is -2.21. The number of ether oxygens (including phenoxy) is 1. The van der Waals surface area contributed by atoms with Gasteiger partial charge in [-0.25, -0.2) is 0 Å². The highest BCUT2D eigenvalue weighted by Crippen LogP contribution is 2.61. The molecule has 3 fully saturated rings. The molecule has 0 amide bonds. The summed E-state index contributed by atoms with van der Waals surface area (Å²) in [6.45, 7) is 0.810. The van der Waals surface area contributed by atoms with Crippen molar-refractivity contribution in [3.05, 3.63) is 12.2 Å². The number of aliphatic hydroxyl groups excluding tert-OH is 1. The van der Waals surface area contributed by atoms with Crippen LogP contribution in [0.1, 0.15) is 12.8 Å². The van der Waals surface area contributed by atoms with E-state index in [0.717, 1.165) is 30.3 Å². The van der Waals surface area contributed by atoms with Crippen LogP contribution in [0.2, 0.25) is 0 Å². The molecule has 0 aromatic rings. The van der Waals surface area contributed by atoms with E-state index in [1.165, 1.54) is 12.8 Å². The van der Waals surface area contributed by atoms with Crippen LogP contribution in [0, 0.1) is 35.5 Å². The lowest BCUT2D eigenvalue weighted by Gasteiger charge is -2.24. The number of fused-ring (bicyclic) bond motifs is 7. The highest BCUT2D eigenvalue weighted by atomic mass is 16.6. The zero-order chi connectivity index (χ0) is 9.28. The lowest BCUT2D eigenvalue weighted by molar-refractivity contribution is -0.0856. The largest absolute Gasteiger partial charge is 0.368 e. The van der Waals surface area contributed by atoms with Gasteiger partial charge in [0.1, 0.15) is 0 Å². The van der Waals surface area contributed by atoms with Gasteiger partial charge in [-0.2, -0.15) is 0 Å². The fraction of sp³-hybridized carbons (Fsp3) is 0.833. The van der Waals surface area contributed by atoms with Gasteiger partial charge in [-0.15, -0.1) is 0 Å². The smallest absolute Gasteiger partial charge is 0.157 e. The quantitative estimate of drug-likeness (QED) is 0.588. The van der Waals surface area contributed by atoms with Gasteiger partial charge in [0.05, 0.1) is 6.61 Å². The Bertz CT molecular complexity index is 299. The average molecular weight is 192 g/mol. The minimum atomic E-state index is -0.454. The summed E-state index contributed by atoms with van der Waals surface area (Å²) in [6, 6.07) is 0. The van der Waals surface area contributed by atoms with Crippen molar-refractivity contribution in [3.63, 3.8) is 0 Å². The van der Waals surface area contributed by atoms with Gasteiger partial charge in [-0.05, 0) is 42.4 Å². The van der Waals surface area contributed by atoms with Crippen LogP contribution < -0.4 is 0 Å². The minimum absolute atomic E-state index is 0.454. The summed E-state index contributed by atoms with van der Waals surface area (Å²) in [4.78, 5) is 0. The van der Waals surface area contributed by atoms with Crippen molar-refractivity contribution in [2.75, 3.05) is 6.61 Å². The van der Waals surface area contributed by atoms with Crippen molar-refractivity contribution in [3.8, 4) is 0 Å². The van der Waals surface area contributed by atoms with Gasteiger partial charge in [-0.1, -0.05) is 12.2 Å². The average Bonchev–Trinajstić information content (AvgIpc) is 2.85. The molecule has 1 saturated heterocycles. The summed E-state index contributed by atoms with van der Waals surface area (Å²) in [7, 11) is 0. The van der Waals surface area contributed by atoms with E-state index < -0.39 is 6.29 Å². The Kier molecular flexibility index (Phi) is 1.36. The first kappa shape index (κ1) is 7.89. The van der Waals surface area contributed by atoms with E-state index in [-0.39, 0.29) is 0 Å². The van der Waals surface area contributed by atoms with Gasteiger partial charge in [-0.3, -0.25) is 0 Å². The first-order valence-corrected chi connectivity index (χ1v) is 5.82. The van der Waals surface area contributed by atoms with Gasteiger partial charge < -0.3 is 9.84 Å². The molecule has 1 heterocycles. The first-order valence-electron chi connectivity index (χ1n) is 5.82. The van der Waals surface area contributed by atoms with Crippen LogP contribution in [0.4, 0.5) is 0 Å². The normalized spacial score (nSPS) is 63.4. The highest BCUT2D eigenvalue weighted by molar-refractivity contribution is 5.18. The third kappa shape index (κ3) is 0.763. The monoisotopic (exact) mass is 192 g/mol. The van der Waals surface area contributed by atoms with Crippen molar-refractivity contribution in [2.45, 2.75) is 19.1 Å². The van der Waals surface area contributed by atoms with E-state index in [1.807, 2.05) is 0 Å². The molecule has 2 saturated carbocycles. The first-order chi connectivity index (χ1) is 6.84. The molecule has 7 atom stereocenters. The van der Waals surface area contributed by atoms with E-state index in [9.17, 15) is 5.11 Å². The third-order valence-electron chi connectivity index (χ3n) is 5.10. The van der Waals surface area contributed by atoms with E-state index >= 15 is 0 Å². The number of rotatable bonds is 0. The molecule has 2 bridgehead atoms. The lowest BCUT2D eigenvalue weighted by atomic mass is 9.81. The summed E-state index contributed by atoms with van der Waals surface area (Å²) < 4.78 is 5.37. The summed E-state index contributed by atoms with van der Waals surface area (Å²) >= 11 is 0. The van der Waals surface area contributed by atoms with Crippen LogP contribution in [-0.2, 0) is 4.74 Å². The maximum absolute atomic E-state index is 9.70. The summed E-state index contributed by atoms with van der Waals surface area (Å²) in [6.07, 6.45) is 6.97. The van der Waals surface area contributed by atoms with E-state index in [0.29, 0.717) is 11.8 Å². The third-order valence-corrected chi connectivity index (χ3v) is 5.10. The van der Waals surface area contributed by atoms with Crippen LogP contribution in [0.3, 0.4) is 0 Å². The van der Waals surface area contributed by atoms with Crippen molar-refractivity contribution in [1.82, 2.24) is 0 Å². The number of allylic oxidation sites excluding steroid dienone is 2. The maximum Gasteiger partial charge on any atom is 0.157 e. The van der Waals surface area contributed by atoms with E-state index in [2.05, 4.69) is 12.2 Å². The molecule has 14 heavy (non-hydrogen) atoms. The standard InChI is InChI=1S/C12H16O2/c13-12-9-4-8-6-1-2-7(3-6)11(8)10(9)5-14-12/h1-2,6-13H,3-5H2. The van der Waals surface area contributed by atoms with Gasteiger partial charge in [0.15, 0.2) is 6.29 Å². The molecule has 7 unspecified atom stereocenters. The van der Waals surface area contributed by atoms with Crippen molar-refractivity contribution >= 4 is 0 Å². The predicted octanol–water partition coefficient (Wildman–Crippen LogP) is 1.41. The Hall–Kier alpha value is -0.340. The summed E-state index contributed by atoms with van der Waals surface area (Å²) in [5.41, 5.74) is 0.